The summed E-state index contributed by atoms with van der Waals surface area (Å²) in [6.45, 7) is -0.993. The highest BCUT2D eigenvalue weighted by molar-refractivity contribution is 6.35. The molecule has 0 atom stereocenters. The number of carbonyl (C=O) groups is 2. The maximum atomic E-state index is 11.7. The molecule has 0 aliphatic carbocycles. The van der Waals surface area contributed by atoms with E-state index in [9.17, 15) is 19.2 Å². The quantitative estimate of drug-likeness (QED) is 0.762. The van der Waals surface area contributed by atoms with Gasteiger partial charge in [-0.15, -0.1) is 0 Å². The minimum absolute atomic E-state index is 0.340. The molecule has 0 saturated heterocycles. The largest absolute Gasteiger partial charge is 0.454 e. The van der Waals surface area contributed by atoms with Crippen molar-refractivity contribution in [3.8, 4) is 0 Å². The van der Waals surface area contributed by atoms with Gasteiger partial charge in [-0.2, -0.15) is 0 Å². The zero-order valence-electron chi connectivity index (χ0n) is 12.0. The molecule has 0 saturated carbocycles. The smallest absolute Gasteiger partial charge is 0.328 e. The van der Waals surface area contributed by atoms with Crippen molar-refractivity contribution in [3.63, 3.8) is 0 Å². The monoisotopic (exact) mass is 371 g/mol. The van der Waals surface area contributed by atoms with Crippen LogP contribution >= 0.6 is 23.2 Å². The van der Waals surface area contributed by atoms with Crippen LogP contribution in [0.3, 0.4) is 0 Å². The average Bonchev–Trinajstić information content (AvgIpc) is 2.47. The van der Waals surface area contributed by atoms with Crippen molar-refractivity contribution in [2.75, 3.05) is 11.9 Å². The van der Waals surface area contributed by atoms with Crippen LogP contribution in [0.15, 0.2) is 40.1 Å². The molecule has 2 N–H and O–H groups in total. The molecule has 126 valence electrons. The maximum Gasteiger partial charge on any atom is 0.328 e. The molecule has 1 aromatic carbocycles. The van der Waals surface area contributed by atoms with E-state index in [1.807, 2.05) is 4.98 Å². The summed E-state index contributed by atoms with van der Waals surface area (Å²) in [5.74, 6) is -1.42. The lowest BCUT2D eigenvalue weighted by molar-refractivity contribution is -0.148. The van der Waals surface area contributed by atoms with Crippen LogP contribution in [-0.2, 0) is 20.9 Å². The molecule has 2 aromatic rings. The molecule has 0 aliphatic rings. The third-order valence-electron chi connectivity index (χ3n) is 2.71. The highest BCUT2D eigenvalue weighted by atomic mass is 35.5. The van der Waals surface area contributed by atoms with Crippen molar-refractivity contribution in [1.82, 2.24) is 9.55 Å². The van der Waals surface area contributed by atoms with Crippen molar-refractivity contribution in [2.24, 2.45) is 0 Å². The molecule has 0 spiro atoms. The molecule has 0 aliphatic heterocycles. The maximum absolute atomic E-state index is 11.7. The lowest BCUT2D eigenvalue weighted by atomic mass is 10.3. The Labute approximate surface area is 145 Å². The molecule has 8 nitrogen and oxygen atoms in total. The number of hydrogen-bond donors (Lipinski definition) is 2. The number of aromatic amines is 1. The van der Waals surface area contributed by atoms with Crippen LogP contribution in [0.5, 0.6) is 0 Å². The van der Waals surface area contributed by atoms with Crippen LogP contribution in [0.4, 0.5) is 5.69 Å². The third kappa shape index (κ3) is 5.25. The highest BCUT2D eigenvalue weighted by Crippen LogP contribution is 2.22. The number of rotatable bonds is 5. The summed E-state index contributed by atoms with van der Waals surface area (Å²) in [7, 11) is 0. The van der Waals surface area contributed by atoms with Crippen molar-refractivity contribution in [3.05, 3.63) is 61.3 Å². The lowest BCUT2D eigenvalue weighted by Crippen LogP contribution is -2.32. The molecule has 1 heterocycles. The number of anilines is 1. The van der Waals surface area contributed by atoms with Gasteiger partial charge >= 0.3 is 11.7 Å². The fourth-order valence-electron chi connectivity index (χ4n) is 1.72. The van der Waals surface area contributed by atoms with Crippen LogP contribution in [0.1, 0.15) is 0 Å². The first-order valence-electron chi connectivity index (χ1n) is 6.55. The fourth-order valence-corrected chi connectivity index (χ4v) is 2.25. The normalized spacial score (nSPS) is 10.2. The van der Waals surface area contributed by atoms with Gasteiger partial charge in [-0.3, -0.25) is 23.9 Å². The van der Waals surface area contributed by atoms with Gasteiger partial charge in [0, 0.05) is 28.0 Å². The van der Waals surface area contributed by atoms with Crippen molar-refractivity contribution in [1.29, 1.82) is 0 Å². The molecule has 2 rings (SSSR count). The SMILES string of the molecule is O=C(COC(=O)Cn1ccc(=O)[nH]c1=O)Nc1cc(Cl)cc(Cl)c1. The first-order valence-corrected chi connectivity index (χ1v) is 7.30. The summed E-state index contributed by atoms with van der Waals surface area (Å²) in [6.07, 6.45) is 1.15. The number of halogens is 2. The number of amides is 1. The van der Waals surface area contributed by atoms with Crippen LogP contribution in [0, 0.1) is 0 Å². The van der Waals surface area contributed by atoms with Gasteiger partial charge in [-0.25, -0.2) is 4.79 Å². The van der Waals surface area contributed by atoms with E-state index in [2.05, 4.69) is 5.32 Å². The Morgan fingerprint density at radius 3 is 2.46 bits per heavy atom. The zero-order chi connectivity index (χ0) is 17.7. The molecule has 0 radical (unpaired) electrons. The van der Waals surface area contributed by atoms with Gasteiger partial charge in [0.1, 0.15) is 6.54 Å². The predicted molar refractivity (Wildman–Crippen MR) is 87.4 cm³/mol. The molecular weight excluding hydrogens is 361 g/mol. The van der Waals surface area contributed by atoms with Gasteiger partial charge in [0.2, 0.25) is 0 Å². The Balaban J connectivity index is 1.88. The molecule has 24 heavy (non-hydrogen) atoms. The van der Waals surface area contributed by atoms with Gasteiger partial charge in [-0.1, -0.05) is 23.2 Å². The number of hydrogen-bond acceptors (Lipinski definition) is 5. The van der Waals surface area contributed by atoms with E-state index in [4.69, 9.17) is 27.9 Å². The first-order chi connectivity index (χ1) is 11.3. The number of ether oxygens (including phenoxy) is 1. The Morgan fingerprint density at radius 1 is 1.17 bits per heavy atom. The summed E-state index contributed by atoms with van der Waals surface area (Å²) in [5, 5.41) is 3.14. The fraction of sp³-hybridized carbons (Fsp3) is 0.143. The van der Waals surface area contributed by atoms with E-state index in [1.165, 1.54) is 18.2 Å². The first kappa shape index (κ1) is 17.8. The Hall–Kier alpha value is -2.58. The number of nitrogens with zero attached hydrogens (tertiary/aromatic N) is 1. The van der Waals surface area contributed by atoms with Crippen molar-refractivity contribution in [2.45, 2.75) is 6.54 Å². The molecule has 1 aromatic heterocycles. The molecule has 0 fully saturated rings. The number of carbonyl (C=O) groups excluding carboxylic acids is 2. The van der Waals surface area contributed by atoms with Gasteiger partial charge in [-0.05, 0) is 18.2 Å². The predicted octanol–water partition coefficient (Wildman–Crippen LogP) is 1.03. The average molecular weight is 372 g/mol. The highest BCUT2D eigenvalue weighted by Gasteiger charge is 2.10. The second kappa shape index (κ2) is 7.80. The van der Waals surface area contributed by atoms with Gasteiger partial charge in [0.25, 0.3) is 11.5 Å². The molecular formula is C14H11Cl2N3O5. The number of aromatic nitrogens is 2. The summed E-state index contributed by atoms with van der Waals surface area (Å²) in [4.78, 5) is 47.6. The summed E-state index contributed by atoms with van der Waals surface area (Å²) in [6, 6.07) is 5.55. The molecule has 0 unspecified atom stereocenters. The van der Waals surface area contributed by atoms with E-state index in [1.54, 1.807) is 0 Å². The van der Waals surface area contributed by atoms with Crippen LogP contribution in [0.25, 0.3) is 0 Å². The summed E-state index contributed by atoms with van der Waals surface area (Å²) < 4.78 is 5.70. The summed E-state index contributed by atoms with van der Waals surface area (Å²) >= 11 is 11.6. The number of nitrogens with one attached hydrogen (secondary N) is 2. The minimum Gasteiger partial charge on any atom is -0.454 e. The van der Waals surface area contributed by atoms with Crippen LogP contribution in [-0.4, -0.2) is 28.0 Å². The third-order valence-corrected chi connectivity index (χ3v) is 3.14. The van der Waals surface area contributed by atoms with Crippen LogP contribution in [0.2, 0.25) is 10.0 Å². The van der Waals surface area contributed by atoms with Crippen molar-refractivity contribution >= 4 is 40.8 Å². The van der Waals surface area contributed by atoms with E-state index in [-0.39, 0.29) is 0 Å². The molecule has 0 bridgehead atoms. The second-order valence-corrected chi connectivity index (χ2v) is 5.48. The Morgan fingerprint density at radius 2 is 1.83 bits per heavy atom. The second-order valence-electron chi connectivity index (χ2n) is 4.61. The molecule has 10 heteroatoms. The van der Waals surface area contributed by atoms with Gasteiger partial charge in [0.15, 0.2) is 6.61 Å². The van der Waals surface area contributed by atoms with Crippen LogP contribution < -0.4 is 16.6 Å². The van der Waals surface area contributed by atoms with E-state index >= 15 is 0 Å². The zero-order valence-corrected chi connectivity index (χ0v) is 13.6. The van der Waals surface area contributed by atoms with Crippen molar-refractivity contribution < 1.29 is 14.3 Å². The number of esters is 1. The summed E-state index contributed by atoms with van der Waals surface area (Å²) in [5.41, 5.74) is -0.980. The number of H-pyrrole nitrogens is 1. The topological polar surface area (TPSA) is 110 Å². The van der Waals surface area contributed by atoms with Gasteiger partial charge < -0.3 is 10.1 Å². The Bertz CT molecular complexity index is 870. The standard InChI is InChI=1S/C14H11Cl2N3O5/c15-8-3-9(16)5-10(4-8)17-12(21)7-24-13(22)6-19-2-1-11(20)18-14(19)23/h1-5H,6-7H2,(H,17,21)(H,18,20,23). The Kier molecular flexibility index (Phi) is 5.78. The molecule has 1 amide bonds. The van der Waals surface area contributed by atoms with E-state index < -0.39 is 36.3 Å². The lowest BCUT2D eigenvalue weighted by Gasteiger charge is -2.08. The minimum atomic E-state index is -0.816. The van der Waals surface area contributed by atoms with E-state index in [0.717, 1.165) is 16.8 Å². The number of benzene rings is 1. The van der Waals surface area contributed by atoms with Gasteiger partial charge in [0.05, 0.1) is 0 Å². The van der Waals surface area contributed by atoms with E-state index in [0.29, 0.717) is 15.7 Å².